The highest BCUT2D eigenvalue weighted by molar-refractivity contribution is 9.10. The van der Waals surface area contributed by atoms with E-state index in [2.05, 4.69) is 15.9 Å². The summed E-state index contributed by atoms with van der Waals surface area (Å²) in [6.45, 7) is 1.03. The first kappa shape index (κ1) is 14.4. The van der Waals surface area contributed by atoms with Crippen LogP contribution in [0.25, 0.3) is 0 Å². The van der Waals surface area contributed by atoms with Crippen molar-refractivity contribution < 1.29 is 19.0 Å². The summed E-state index contributed by atoms with van der Waals surface area (Å²) in [6.07, 6.45) is -0.420. The van der Waals surface area contributed by atoms with Gasteiger partial charge in [0, 0.05) is 6.42 Å². The van der Waals surface area contributed by atoms with E-state index in [9.17, 15) is 9.50 Å². The molecule has 1 aliphatic rings. The molecule has 1 N–H and O–H groups in total. The summed E-state index contributed by atoms with van der Waals surface area (Å²) in [5.74, 6) is 0.988. The Balaban J connectivity index is 1.82. The predicted octanol–water partition coefficient (Wildman–Crippen LogP) is 3.64. The van der Waals surface area contributed by atoms with Crippen molar-refractivity contribution >= 4 is 15.9 Å². The van der Waals surface area contributed by atoms with Crippen LogP contribution in [0.2, 0.25) is 0 Å². The maximum atomic E-state index is 13.5. The Morgan fingerprint density at radius 1 is 1.14 bits per heavy atom. The van der Waals surface area contributed by atoms with Gasteiger partial charge in [-0.25, -0.2) is 4.39 Å². The fraction of sp³-hybridized carbons (Fsp3) is 0.250. The Hall–Kier alpha value is -1.59. The number of benzene rings is 2. The number of rotatable bonds is 3. The molecule has 0 fully saturated rings. The standard InChI is InChI=1S/C16H14BrFO3/c17-16-11(2-1-3-12(16)18)8-13(19)10-4-5-14-15(9-10)21-7-6-20-14/h1-5,9,13,19H,6-8H2. The van der Waals surface area contributed by atoms with Crippen LogP contribution in [0.1, 0.15) is 17.2 Å². The zero-order valence-electron chi connectivity index (χ0n) is 11.2. The molecule has 1 atom stereocenters. The van der Waals surface area contributed by atoms with Crippen molar-refractivity contribution in [2.75, 3.05) is 13.2 Å². The van der Waals surface area contributed by atoms with Crippen molar-refractivity contribution in [3.63, 3.8) is 0 Å². The van der Waals surface area contributed by atoms with E-state index < -0.39 is 6.10 Å². The number of aliphatic hydroxyl groups is 1. The minimum Gasteiger partial charge on any atom is -0.486 e. The lowest BCUT2D eigenvalue weighted by molar-refractivity contribution is 0.164. The zero-order chi connectivity index (χ0) is 14.8. The predicted molar refractivity (Wildman–Crippen MR) is 80.2 cm³/mol. The van der Waals surface area contributed by atoms with Gasteiger partial charge in [-0.05, 0) is 45.3 Å². The maximum absolute atomic E-state index is 13.5. The number of ether oxygens (including phenoxy) is 2. The van der Waals surface area contributed by atoms with E-state index in [1.54, 1.807) is 30.3 Å². The molecule has 3 nitrogen and oxygen atoms in total. The molecule has 110 valence electrons. The van der Waals surface area contributed by atoms with Crippen molar-refractivity contribution in [3.8, 4) is 11.5 Å². The summed E-state index contributed by atoms with van der Waals surface area (Å²) in [6, 6.07) is 10.1. The van der Waals surface area contributed by atoms with E-state index >= 15 is 0 Å². The third kappa shape index (κ3) is 3.04. The molecule has 0 amide bonds. The number of aliphatic hydroxyl groups excluding tert-OH is 1. The van der Waals surface area contributed by atoms with E-state index in [1.165, 1.54) is 6.07 Å². The average Bonchev–Trinajstić information content (AvgIpc) is 2.51. The van der Waals surface area contributed by atoms with Crippen molar-refractivity contribution in [1.82, 2.24) is 0 Å². The van der Waals surface area contributed by atoms with Gasteiger partial charge in [0.25, 0.3) is 0 Å². The number of hydrogen-bond acceptors (Lipinski definition) is 3. The molecule has 3 rings (SSSR count). The first-order chi connectivity index (χ1) is 10.1. The van der Waals surface area contributed by atoms with Crippen LogP contribution in [0, 0.1) is 5.82 Å². The summed E-state index contributed by atoms with van der Waals surface area (Å²) in [5.41, 5.74) is 1.44. The normalized spacial score (nSPS) is 14.8. The highest BCUT2D eigenvalue weighted by Gasteiger charge is 2.17. The molecular weight excluding hydrogens is 339 g/mol. The molecule has 0 radical (unpaired) electrons. The summed E-state index contributed by atoms with van der Waals surface area (Å²) < 4.78 is 24.8. The van der Waals surface area contributed by atoms with E-state index in [0.29, 0.717) is 35.6 Å². The fourth-order valence-electron chi connectivity index (χ4n) is 2.30. The van der Waals surface area contributed by atoms with E-state index in [-0.39, 0.29) is 5.82 Å². The van der Waals surface area contributed by atoms with Gasteiger partial charge in [0.05, 0.1) is 10.6 Å². The van der Waals surface area contributed by atoms with Crippen LogP contribution >= 0.6 is 15.9 Å². The van der Waals surface area contributed by atoms with E-state index in [4.69, 9.17) is 9.47 Å². The van der Waals surface area contributed by atoms with Crippen LogP contribution in [-0.2, 0) is 6.42 Å². The van der Waals surface area contributed by atoms with Crippen LogP contribution in [0.4, 0.5) is 4.39 Å². The second-order valence-corrected chi connectivity index (χ2v) is 5.63. The summed E-state index contributed by atoms with van der Waals surface area (Å²) in [4.78, 5) is 0. The second kappa shape index (κ2) is 6.03. The third-order valence-electron chi connectivity index (χ3n) is 3.40. The van der Waals surface area contributed by atoms with Gasteiger partial charge in [-0.2, -0.15) is 0 Å². The average molecular weight is 353 g/mol. The molecule has 0 aromatic heterocycles. The molecule has 0 aliphatic carbocycles. The molecule has 2 aromatic rings. The second-order valence-electron chi connectivity index (χ2n) is 4.84. The fourth-order valence-corrected chi connectivity index (χ4v) is 2.73. The summed E-state index contributed by atoms with van der Waals surface area (Å²) in [5, 5.41) is 10.4. The number of halogens is 2. The quantitative estimate of drug-likeness (QED) is 0.916. The Morgan fingerprint density at radius 2 is 1.90 bits per heavy atom. The first-order valence-corrected chi connectivity index (χ1v) is 7.45. The minimum atomic E-state index is -0.737. The van der Waals surface area contributed by atoms with Crippen molar-refractivity contribution in [2.45, 2.75) is 12.5 Å². The molecule has 21 heavy (non-hydrogen) atoms. The third-order valence-corrected chi connectivity index (χ3v) is 4.28. The van der Waals surface area contributed by atoms with Gasteiger partial charge in [-0.1, -0.05) is 18.2 Å². The summed E-state index contributed by atoms with van der Waals surface area (Å²) in [7, 11) is 0. The summed E-state index contributed by atoms with van der Waals surface area (Å²) >= 11 is 3.21. The topological polar surface area (TPSA) is 38.7 Å². The van der Waals surface area contributed by atoms with Gasteiger partial charge in [-0.3, -0.25) is 0 Å². The van der Waals surface area contributed by atoms with Crippen LogP contribution < -0.4 is 9.47 Å². The van der Waals surface area contributed by atoms with Crippen LogP contribution in [-0.4, -0.2) is 18.3 Å². The van der Waals surface area contributed by atoms with Crippen molar-refractivity contribution in [2.24, 2.45) is 0 Å². The Morgan fingerprint density at radius 3 is 2.71 bits per heavy atom. The lowest BCUT2D eigenvalue weighted by atomic mass is 10.0. The van der Waals surface area contributed by atoms with Gasteiger partial charge in [0.1, 0.15) is 19.0 Å². The Bertz CT molecular complexity index is 660. The van der Waals surface area contributed by atoms with Crippen molar-refractivity contribution in [3.05, 3.63) is 57.8 Å². The van der Waals surface area contributed by atoms with Gasteiger partial charge >= 0.3 is 0 Å². The monoisotopic (exact) mass is 352 g/mol. The van der Waals surface area contributed by atoms with Gasteiger partial charge < -0.3 is 14.6 Å². The minimum absolute atomic E-state index is 0.317. The molecule has 2 aromatic carbocycles. The SMILES string of the molecule is OC(Cc1cccc(F)c1Br)c1ccc2c(c1)OCCO2. The lowest BCUT2D eigenvalue weighted by Gasteiger charge is -2.20. The van der Waals surface area contributed by atoms with Crippen molar-refractivity contribution in [1.29, 1.82) is 0 Å². The molecule has 1 aliphatic heterocycles. The molecule has 5 heteroatoms. The molecule has 0 bridgehead atoms. The highest BCUT2D eigenvalue weighted by Crippen LogP contribution is 2.34. The Kier molecular flexibility index (Phi) is 4.12. The molecule has 0 saturated carbocycles. The number of hydrogen-bond donors (Lipinski definition) is 1. The van der Waals surface area contributed by atoms with Crippen LogP contribution in [0.3, 0.4) is 0 Å². The maximum Gasteiger partial charge on any atom is 0.161 e. The van der Waals surface area contributed by atoms with Gasteiger partial charge in [-0.15, -0.1) is 0 Å². The number of fused-ring (bicyclic) bond motifs is 1. The van der Waals surface area contributed by atoms with Crippen LogP contribution in [0.15, 0.2) is 40.9 Å². The molecule has 1 unspecified atom stereocenters. The largest absolute Gasteiger partial charge is 0.486 e. The van der Waals surface area contributed by atoms with Crippen LogP contribution in [0.5, 0.6) is 11.5 Å². The molecule has 0 spiro atoms. The Labute approximate surface area is 130 Å². The zero-order valence-corrected chi connectivity index (χ0v) is 12.8. The van der Waals surface area contributed by atoms with Gasteiger partial charge in [0.15, 0.2) is 11.5 Å². The van der Waals surface area contributed by atoms with E-state index in [0.717, 1.165) is 11.1 Å². The van der Waals surface area contributed by atoms with E-state index in [1.807, 2.05) is 0 Å². The molecule has 1 heterocycles. The van der Waals surface area contributed by atoms with Gasteiger partial charge in [0.2, 0.25) is 0 Å². The highest BCUT2D eigenvalue weighted by atomic mass is 79.9. The lowest BCUT2D eigenvalue weighted by Crippen LogP contribution is -2.15. The molecular formula is C16H14BrFO3. The smallest absolute Gasteiger partial charge is 0.161 e. The molecule has 0 saturated heterocycles. The first-order valence-electron chi connectivity index (χ1n) is 6.65.